The van der Waals surface area contributed by atoms with Crippen LogP contribution in [0.3, 0.4) is 0 Å². The van der Waals surface area contributed by atoms with Crippen LogP contribution in [0.4, 0.5) is 0 Å². The van der Waals surface area contributed by atoms with Crippen molar-refractivity contribution in [3.63, 3.8) is 0 Å². The van der Waals surface area contributed by atoms with E-state index in [0.29, 0.717) is 42.5 Å². The van der Waals surface area contributed by atoms with Gasteiger partial charge < -0.3 is 28.4 Å². The molecular weight excluding hydrogens is 486 g/mol. The molecular formula is C30H33NO7. The zero-order chi connectivity index (χ0) is 26.0. The Hall–Kier alpha value is -3.30. The van der Waals surface area contributed by atoms with Crippen LogP contribution in [0.1, 0.15) is 60.0 Å². The van der Waals surface area contributed by atoms with E-state index in [4.69, 9.17) is 28.4 Å². The van der Waals surface area contributed by atoms with Crippen molar-refractivity contribution < 1.29 is 33.2 Å². The molecule has 0 aliphatic carbocycles. The Kier molecular flexibility index (Phi) is 9.34. The van der Waals surface area contributed by atoms with E-state index < -0.39 is 0 Å². The molecule has 0 amide bonds. The van der Waals surface area contributed by atoms with Crippen molar-refractivity contribution in [3.8, 4) is 23.0 Å². The quantitative estimate of drug-likeness (QED) is 0.263. The van der Waals surface area contributed by atoms with Crippen molar-refractivity contribution in [2.75, 3.05) is 13.2 Å². The summed E-state index contributed by atoms with van der Waals surface area (Å²) in [4.78, 5) is 16.2. The molecule has 2 fully saturated rings. The van der Waals surface area contributed by atoms with Gasteiger partial charge in [-0.15, -0.1) is 0 Å². The van der Waals surface area contributed by atoms with Crippen LogP contribution in [0.2, 0.25) is 0 Å². The summed E-state index contributed by atoms with van der Waals surface area (Å²) in [6, 6.07) is 15.1. The van der Waals surface area contributed by atoms with Gasteiger partial charge in [-0.25, -0.2) is 0 Å². The van der Waals surface area contributed by atoms with Gasteiger partial charge in [0.1, 0.15) is 17.1 Å². The zero-order valence-electron chi connectivity index (χ0n) is 21.4. The highest BCUT2D eigenvalue weighted by Crippen LogP contribution is 2.33. The lowest BCUT2D eigenvalue weighted by atomic mass is 10.2. The third kappa shape index (κ3) is 7.39. The summed E-state index contributed by atoms with van der Waals surface area (Å²) in [5, 5.41) is 0. The van der Waals surface area contributed by atoms with Crippen LogP contribution in [0, 0.1) is 0 Å². The van der Waals surface area contributed by atoms with Gasteiger partial charge in [0.2, 0.25) is 0 Å². The number of aromatic nitrogens is 1. The largest absolute Gasteiger partial charge is 0.455 e. The lowest BCUT2D eigenvalue weighted by Gasteiger charge is -2.22. The van der Waals surface area contributed by atoms with Gasteiger partial charge >= 0.3 is 0 Å². The summed E-state index contributed by atoms with van der Waals surface area (Å²) >= 11 is 0. The number of hydrogen-bond donors (Lipinski definition) is 0. The first-order valence-corrected chi connectivity index (χ1v) is 13.2. The normalized spacial score (nSPS) is 19.6. The molecule has 8 heteroatoms. The van der Waals surface area contributed by atoms with Gasteiger partial charge in [-0.1, -0.05) is 24.3 Å². The highest BCUT2D eigenvalue weighted by Gasteiger charge is 2.16. The Bertz CT molecular complexity index is 1070. The van der Waals surface area contributed by atoms with Gasteiger partial charge in [0.25, 0.3) is 0 Å². The third-order valence-electron chi connectivity index (χ3n) is 6.48. The number of carbonyl (C=O) groups excluding carboxylic acids is 1. The van der Waals surface area contributed by atoms with Crippen LogP contribution in [-0.4, -0.2) is 37.1 Å². The van der Waals surface area contributed by atoms with Gasteiger partial charge in [0.05, 0.1) is 25.6 Å². The molecule has 8 nitrogen and oxygen atoms in total. The molecule has 2 saturated heterocycles. The molecule has 2 unspecified atom stereocenters. The Balaban J connectivity index is 1.17. The maximum Gasteiger partial charge on any atom is 0.159 e. The van der Waals surface area contributed by atoms with E-state index >= 15 is 0 Å². The van der Waals surface area contributed by atoms with Crippen molar-refractivity contribution in [2.45, 2.75) is 64.3 Å². The van der Waals surface area contributed by atoms with Gasteiger partial charge in [-0.3, -0.25) is 9.78 Å². The topological polar surface area (TPSA) is 85.3 Å². The van der Waals surface area contributed by atoms with Crippen LogP contribution in [0.25, 0.3) is 0 Å². The number of pyridine rings is 1. The van der Waals surface area contributed by atoms with E-state index in [0.717, 1.165) is 62.9 Å². The van der Waals surface area contributed by atoms with E-state index in [1.807, 2.05) is 48.5 Å². The average Bonchev–Trinajstić information content (AvgIpc) is 2.98. The minimum absolute atomic E-state index is 0.135. The van der Waals surface area contributed by atoms with Crippen molar-refractivity contribution in [3.05, 3.63) is 77.6 Å². The molecule has 3 aromatic rings. The van der Waals surface area contributed by atoms with Gasteiger partial charge in [0, 0.05) is 13.2 Å². The van der Waals surface area contributed by atoms with E-state index in [1.165, 1.54) is 12.4 Å². The number of benzene rings is 2. The second-order valence-corrected chi connectivity index (χ2v) is 9.37. The Morgan fingerprint density at radius 3 is 1.58 bits per heavy atom. The summed E-state index contributed by atoms with van der Waals surface area (Å²) in [6.07, 6.45) is 9.74. The summed E-state index contributed by atoms with van der Waals surface area (Å²) < 4.78 is 34.8. The Morgan fingerprint density at radius 1 is 0.711 bits per heavy atom. The highest BCUT2D eigenvalue weighted by molar-refractivity contribution is 5.83. The zero-order valence-corrected chi connectivity index (χ0v) is 21.4. The molecule has 200 valence electrons. The molecule has 0 N–H and O–H groups in total. The lowest BCUT2D eigenvalue weighted by Crippen LogP contribution is -2.21. The van der Waals surface area contributed by atoms with Crippen LogP contribution < -0.4 is 9.47 Å². The monoisotopic (exact) mass is 519 g/mol. The predicted octanol–water partition coefficient (Wildman–Crippen LogP) is 6.57. The minimum atomic E-state index is -0.135. The first-order valence-electron chi connectivity index (χ1n) is 13.2. The number of ether oxygens (including phenoxy) is 6. The predicted molar refractivity (Wildman–Crippen MR) is 139 cm³/mol. The average molecular weight is 520 g/mol. The smallest absolute Gasteiger partial charge is 0.159 e. The molecule has 2 aromatic carbocycles. The SMILES string of the molecule is O=Cc1c(Oc2ccc(COC3CCCCO3)cc2)cncc1Oc1ccc(COC2CCCCO2)cc1. The summed E-state index contributed by atoms with van der Waals surface area (Å²) in [6.45, 7) is 2.44. The standard InChI is InChI=1S/C30H33NO7/c32-19-26-27(37-24-11-7-22(8-12-24)20-35-29-5-1-3-15-33-29)17-31-18-28(26)38-25-13-9-23(10-14-25)21-36-30-6-2-4-16-34-30/h7-14,17-19,29-30H,1-6,15-16,20-21H2. The van der Waals surface area contributed by atoms with E-state index in [9.17, 15) is 4.79 Å². The number of aldehydes is 1. The molecule has 2 atom stereocenters. The fourth-order valence-electron chi connectivity index (χ4n) is 4.34. The summed E-state index contributed by atoms with van der Waals surface area (Å²) in [5.74, 6) is 1.79. The number of hydrogen-bond acceptors (Lipinski definition) is 8. The fourth-order valence-corrected chi connectivity index (χ4v) is 4.34. The third-order valence-corrected chi connectivity index (χ3v) is 6.48. The van der Waals surface area contributed by atoms with Crippen molar-refractivity contribution >= 4 is 6.29 Å². The number of nitrogens with zero attached hydrogens (tertiary/aromatic N) is 1. The molecule has 5 rings (SSSR count). The van der Waals surface area contributed by atoms with Crippen molar-refractivity contribution in [1.82, 2.24) is 4.98 Å². The second-order valence-electron chi connectivity index (χ2n) is 9.37. The first-order chi connectivity index (χ1) is 18.8. The van der Waals surface area contributed by atoms with Gasteiger partial charge in [-0.05, 0) is 73.9 Å². The Morgan fingerprint density at radius 2 is 1.18 bits per heavy atom. The number of rotatable bonds is 11. The number of carbonyl (C=O) groups is 1. The minimum Gasteiger partial charge on any atom is -0.455 e. The molecule has 2 aliphatic rings. The maximum atomic E-state index is 12.0. The van der Waals surface area contributed by atoms with Crippen molar-refractivity contribution in [2.24, 2.45) is 0 Å². The van der Waals surface area contributed by atoms with Crippen molar-refractivity contribution in [1.29, 1.82) is 0 Å². The van der Waals surface area contributed by atoms with E-state index in [1.54, 1.807) is 0 Å². The lowest BCUT2D eigenvalue weighted by molar-refractivity contribution is -0.169. The first kappa shape index (κ1) is 26.3. The second kappa shape index (κ2) is 13.5. The van der Waals surface area contributed by atoms with E-state index in [2.05, 4.69) is 4.98 Å². The van der Waals surface area contributed by atoms with Crippen LogP contribution in [0.5, 0.6) is 23.0 Å². The fraction of sp³-hybridized carbons (Fsp3) is 0.400. The summed E-state index contributed by atoms with van der Waals surface area (Å²) in [5.41, 5.74) is 2.30. The maximum absolute atomic E-state index is 12.0. The Labute approximate surface area is 222 Å². The molecule has 3 heterocycles. The van der Waals surface area contributed by atoms with Crippen LogP contribution >= 0.6 is 0 Å². The summed E-state index contributed by atoms with van der Waals surface area (Å²) in [7, 11) is 0. The highest BCUT2D eigenvalue weighted by atomic mass is 16.7. The van der Waals surface area contributed by atoms with Gasteiger partial charge in [-0.2, -0.15) is 0 Å². The molecule has 1 aromatic heterocycles. The molecule has 38 heavy (non-hydrogen) atoms. The molecule has 0 radical (unpaired) electrons. The molecule has 0 spiro atoms. The van der Waals surface area contributed by atoms with Gasteiger partial charge in [0.15, 0.2) is 30.4 Å². The molecule has 2 aliphatic heterocycles. The van der Waals surface area contributed by atoms with Crippen LogP contribution in [-0.2, 0) is 32.2 Å². The van der Waals surface area contributed by atoms with Crippen LogP contribution in [0.15, 0.2) is 60.9 Å². The molecule has 0 saturated carbocycles. The van der Waals surface area contributed by atoms with E-state index in [-0.39, 0.29) is 18.1 Å². The molecule has 0 bridgehead atoms.